The highest BCUT2D eigenvalue weighted by Gasteiger charge is 2.14. The molecule has 0 saturated heterocycles. The molecule has 3 aromatic rings. The van der Waals surface area contributed by atoms with Crippen LogP contribution in [0.2, 0.25) is 5.02 Å². The first-order valence-corrected chi connectivity index (χ1v) is 6.84. The number of halogens is 1. The molecule has 0 bridgehead atoms. The van der Waals surface area contributed by atoms with Crippen molar-refractivity contribution in [3.05, 3.63) is 63.5 Å². The lowest BCUT2D eigenvalue weighted by Gasteiger charge is -2.08. The Morgan fingerprint density at radius 3 is 2.62 bits per heavy atom. The molecular weight excluding hydrogens is 288 g/mol. The predicted molar refractivity (Wildman–Crippen MR) is 84.2 cm³/mol. The van der Waals surface area contributed by atoms with E-state index in [1.165, 1.54) is 13.4 Å². The summed E-state index contributed by atoms with van der Waals surface area (Å²) in [4.78, 5) is 12.7. The first kappa shape index (κ1) is 13.7. The Balaban J connectivity index is 2.34. The van der Waals surface area contributed by atoms with E-state index in [-0.39, 0.29) is 5.43 Å². The van der Waals surface area contributed by atoms with Crippen LogP contribution in [0.25, 0.3) is 22.1 Å². The summed E-state index contributed by atoms with van der Waals surface area (Å²) in [6, 6.07) is 10.9. The van der Waals surface area contributed by atoms with E-state index in [0.29, 0.717) is 27.3 Å². The van der Waals surface area contributed by atoms with Crippen LogP contribution < -0.4 is 10.2 Å². The van der Waals surface area contributed by atoms with Crippen molar-refractivity contribution in [1.29, 1.82) is 0 Å². The Hall–Kier alpha value is -2.26. The van der Waals surface area contributed by atoms with Gasteiger partial charge in [0.25, 0.3) is 0 Å². The molecule has 0 atom stereocenters. The molecule has 1 aromatic heterocycles. The average molecular weight is 301 g/mol. The molecule has 0 aliphatic carbocycles. The molecule has 106 valence electrons. The van der Waals surface area contributed by atoms with Crippen LogP contribution in [0.4, 0.5) is 0 Å². The van der Waals surface area contributed by atoms with Crippen molar-refractivity contribution in [2.75, 3.05) is 7.11 Å². The molecule has 0 unspecified atom stereocenters. The molecule has 0 aliphatic rings. The third-order valence-corrected chi connectivity index (χ3v) is 3.77. The van der Waals surface area contributed by atoms with E-state index in [1.807, 2.05) is 31.2 Å². The highest BCUT2D eigenvalue weighted by atomic mass is 35.5. The first-order valence-electron chi connectivity index (χ1n) is 6.47. The summed E-state index contributed by atoms with van der Waals surface area (Å²) in [5, 5.41) is 0.701. The minimum Gasteiger partial charge on any atom is -0.497 e. The van der Waals surface area contributed by atoms with Gasteiger partial charge in [0.2, 0.25) is 5.43 Å². The highest BCUT2D eigenvalue weighted by molar-refractivity contribution is 6.35. The average Bonchev–Trinajstić information content (AvgIpc) is 2.48. The third-order valence-electron chi connectivity index (χ3n) is 3.47. The summed E-state index contributed by atoms with van der Waals surface area (Å²) in [5.74, 6) is 0.555. The van der Waals surface area contributed by atoms with Crippen LogP contribution >= 0.6 is 11.6 Å². The van der Waals surface area contributed by atoms with Gasteiger partial charge in [-0.3, -0.25) is 4.79 Å². The Morgan fingerprint density at radius 2 is 1.90 bits per heavy atom. The first-order chi connectivity index (χ1) is 10.1. The van der Waals surface area contributed by atoms with E-state index in [0.717, 1.165) is 11.1 Å². The normalized spacial score (nSPS) is 10.8. The summed E-state index contributed by atoms with van der Waals surface area (Å²) < 4.78 is 10.7. The van der Waals surface area contributed by atoms with Crippen LogP contribution in [0.3, 0.4) is 0 Å². The fraction of sp³-hybridized carbons (Fsp3) is 0.118. The van der Waals surface area contributed by atoms with Crippen molar-refractivity contribution in [3.8, 4) is 16.9 Å². The summed E-state index contributed by atoms with van der Waals surface area (Å²) >= 11 is 6.21. The molecule has 1 heterocycles. The summed E-state index contributed by atoms with van der Waals surface area (Å²) in [6.07, 6.45) is 1.47. The quantitative estimate of drug-likeness (QED) is 0.703. The molecule has 0 spiro atoms. The van der Waals surface area contributed by atoms with Crippen LogP contribution in [0.5, 0.6) is 5.75 Å². The maximum absolute atomic E-state index is 12.7. The van der Waals surface area contributed by atoms with Gasteiger partial charge in [-0.2, -0.15) is 0 Å². The van der Waals surface area contributed by atoms with Crippen molar-refractivity contribution in [1.82, 2.24) is 0 Å². The van der Waals surface area contributed by atoms with Gasteiger partial charge >= 0.3 is 0 Å². The second-order valence-corrected chi connectivity index (χ2v) is 5.18. The van der Waals surface area contributed by atoms with Gasteiger partial charge in [0.1, 0.15) is 17.6 Å². The van der Waals surface area contributed by atoms with Gasteiger partial charge in [-0.25, -0.2) is 0 Å². The van der Waals surface area contributed by atoms with E-state index < -0.39 is 0 Å². The van der Waals surface area contributed by atoms with Crippen molar-refractivity contribution < 1.29 is 9.15 Å². The van der Waals surface area contributed by atoms with Crippen LogP contribution in [-0.2, 0) is 0 Å². The van der Waals surface area contributed by atoms with Crippen molar-refractivity contribution >= 4 is 22.6 Å². The van der Waals surface area contributed by atoms with E-state index in [9.17, 15) is 4.79 Å². The monoisotopic (exact) mass is 300 g/mol. The van der Waals surface area contributed by atoms with Crippen LogP contribution in [0.1, 0.15) is 5.56 Å². The van der Waals surface area contributed by atoms with Crippen LogP contribution in [0, 0.1) is 6.92 Å². The number of benzene rings is 2. The zero-order chi connectivity index (χ0) is 15.0. The van der Waals surface area contributed by atoms with Crippen molar-refractivity contribution in [2.45, 2.75) is 6.92 Å². The van der Waals surface area contributed by atoms with E-state index in [4.69, 9.17) is 20.8 Å². The maximum atomic E-state index is 12.7. The van der Waals surface area contributed by atoms with Crippen LogP contribution in [0.15, 0.2) is 51.9 Å². The minimum atomic E-state index is -0.141. The van der Waals surface area contributed by atoms with Gasteiger partial charge in [-0.05, 0) is 24.1 Å². The molecule has 0 N–H and O–H groups in total. The fourth-order valence-corrected chi connectivity index (χ4v) is 2.65. The lowest BCUT2D eigenvalue weighted by atomic mass is 10.0. The van der Waals surface area contributed by atoms with Gasteiger partial charge in [-0.15, -0.1) is 0 Å². The molecule has 0 amide bonds. The molecule has 0 aliphatic heterocycles. The molecule has 0 fully saturated rings. The largest absolute Gasteiger partial charge is 0.497 e. The van der Waals surface area contributed by atoms with Crippen molar-refractivity contribution in [2.24, 2.45) is 0 Å². The molecule has 21 heavy (non-hydrogen) atoms. The molecule has 3 nitrogen and oxygen atoms in total. The Kier molecular flexibility index (Phi) is 3.43. The number of ether oxygens (including phenoxy) is 1. The zero-order valence-corrected chi connectivity index (χ0v) is 12.4. The second kappa shape index (κ2) is 5.26. The third kappa shape index (κ3) is 2.30. The lowest BCUT2D eigenvalue weighted by Crippen LogP contribution is -2.06. The summed E-state index contributed by atoms with van der Waals surface area (Å²) in [6.45, 7) is 1.95. The Labute approximate surface area is 126 Å². The summed E-state index contributed by atoms with van der Waals surface area (Å²) in [5.41, 5.74) is 2.64. The van der Waals surface area contributed by atoms with Crippen molar-refractivity contribution in [3.63, 3.8) is 0 Å². The van der Waals surface area contributed by atoms with E-state index in [1.54, 1.807) is 12.1 Å². The second-order valence-electron chi connectivity index (χ2n) is 4.78. The molecular formula is C17H13ClO3. The minimum absolute atomic E-state index is 0.141. The molecule has 4 heteroatoms. The number of methoxy groups -OCH3 is 1. The van der Waals surface area contributed by atoms with Gasteiger partial charge in [0.15, 0.2) is 0 Å². The lowest BCUT2D eigenvalue weighted by molar-refractivity contribution is 0.414. The molecule has 3 rings (SSSR count). The van der Waals surface area contributed by atoms with Gasteiger partial charge in [-0.1, -0.05) is 35.9 Å². The predicted octanol–water partition coefficient (Wildman–Crippen LogP) is 4.43. The maximum Gasteiger partial charge on any atom is 0.202 e. The number of aryl methyl sites for hydroxylation is 1. The van der Waals surface area contributed by atoms with Gasteiger partial charge < -0.3 is 9.15 Å². The number of rotatable bonds is 2. The fourth-order valence-electron chi connectivity index (χ4n) is 2.36. The van der Waals surface area contributed by atoms with Crippen LogP contribution in [-0.4, -0.2) is 7.11 Å². The molecule has 2 aromatic carbocycles. The standard InChI is InChI=1S/C17H13ClO3/c1-10-5-3-4-6-12(10)13-9-21-15-8-11(20-2)7-14(18)16(15)17(13)19/h3-9H,1-2H3. The summed E-state index contributed by atoms with van der Waals surface area (Å²) in [7, 11) is 1.54. The molecule has 0 radical (unpaired) electrons. The van der Waals surface area contributed by atoms with Gasteiger partial charge in [0.05, 0.1) is 23.1 Å². The highest BCUT2D eigenvalue weighted by Crippen LogP contribution is 2.29. The van der Waals surface area contributed by atoms with Gasteiger partial charge in [0, 0.05) is 6.07 Å². The SMILES string of the molecule is COc1cc(Cl)c2c(=O)c(-c3ccccc3C)coc2c1. The topological polar surface area (TPSA) is 39.4 Å². The number of hydrogen-bond donors (Lipinski definition) is 0. The van der Waals surface area contributed by atoms with E-state index in [2.05, 4.69) is 0 Å². The number of hydrogen-bond acceptors (Lipinski definition) is 3. The Bertz CT molecular complexity index is 881. The smallest absolute Gasteiger partial charge is 0.202 e. The number of fused-ring (bicyclic) bond motifs is 1. The Morgan fingerprint density at radius 1 is 1.14 bits per heavy atom. The molecule has 0 saturated carbocycles. The zero-order valence-electron chi connectivity index (χ0n) is 11.6. The van der Waals surface area contributed by atoms with E-state index >= 15 is 0 Å².